The molecule has 0 aliphatic rings. The van der Waals surface area contributed by atoms with Crippen molar-refractivity contribution in [1.29, 1.82) is 0 Å². The summed E-state index contributed by atoms with van der Waals surface area (Å²) >= 11 is 9.02. The molecule has 2 N–H and O–H groups in total. The number of benzene rings is 2. The van der Waals surface area contributed by atoms with E-state index in [9.17, 15) is 0 Å². The maximum Gasteiger partial charge on any atom is 0.115 e. The van der Waals surface area contributed by atoms with E-state index in [1.807, 2.05) is 30.3 Å². The number of aliphatic imine (C=N–C) groups is 1. The molecule has 0 aliphatic carbocycles. The van der Waals surface area contributed by atoms with Crippen LogP contribution in [0.15, 0.2) is 45.9 Å². The zero-order valence-electron chi connectivity index (χ0n) is 8.45. The summed E-state index contributed by atoms with van der Waals surface area (Å²) in [4.78, 5) is 4.20. The number of fused-ring (bicyclic) bond motifs is 1. The van der Waals surface area contributed by atoms with Crippen LogP contribution in [0.1, 0.15) is 0 Å². The van der Waals surface area contributed by atoms with Crippen LogP contribution in [-0.2, 0) is 0 Å². The zero-order chi connectivity index (χ0) is 11.5. The van der Waals surface area contributed by atoms with Gasteiger partial charge in [0.25, 0.3) is 0 Å². The van der Waals surface area contributed by atoms with Crippen LogP contribution in [0.4, 0.5) is 5.69 Å². The van der Waals surface area contributed by atoms with E-state index in [0.717, 1.165) is 20.9 Å². The van der Waals surface area contributed by atoms with Crippen molar-refractivity contribution in [3.63, 3.8) is 0 Å². The SMILES string of the molecule is NC(CCl)=Nc1ccc2cc(Br)ccc2c1. The first kappa shape index (κ1) is 11.4. The second-order valence-electron chi connectivity index (χ2n) is 3.41. The molecule has 0 fully saturated rings. The molecule has 82 valence electrons. The van der Waals surface area contributed by atoms with Crippen molar-refractivity contribution in [3.8, 4) is 0 Å². The standard InChI is InChI=1S/C12H10BrClN2/c13-10-3-1-9-6-11(16-12(15)7-14)4-2-8(9)5-10/h1-6H,7H2,(H2,15,16). The highest BCUT2D eigenvalue weighted by Gasteiger charge is 1.97. The molecule has 0 heterocycles. The molecule has 0 bridgehead atoms. The average molecular weight is 298 g/mol. The van der Waals surface area contributed by atoms with Crippen LogP contribution in [0.5, 0.6) is 0 Å². The van der Waals surface area contributed by atoms with Crippen LogP contribution in [-0.4, -0.2) is 11.7 Å². The first-order valence-electron chi connectivity index (χ1n) is 4.77. The van der Waals surface area contributed by atoms with E-state index in [1.165, 1.54) is 0 Å². The average Bonchev–Trinajstić information content (AvgIpc) is 2.29. The van der Waals surface area contributed by atoms with Gasteiger partial charge in [0, 0.05) is 4.47 Å². The van der Waals surface area contributed by atoms with Gasteiger partial charge < -0.3 is 5.73 Å². The number of nitrogens with zero attached hydrogens (tertiary/aromatic N) is 1. The minimum absolute atomic E-state index is 0.248. The first-order chi connectivity index (χ1) is 7.69. The number of amidine groups is 1. The summed E-state index contributed by atoms with van der Waals surface area (Å²) in [6, 6.07) is 12.0. The molecule has 2 aromatic rings. The monoisotopic (exact) mass is 296 g/mol. The minimum Gasteiger partial charge on any atom is -0.386 e. The number of hydrogen-bond donors (Lipinski definition) is 1. The highest BCUT2D eigenvalue weighted by atomic mass is 79.9. The van der Waals surface area contributed by atoms with Crippen molar-refractivity contribution in [2.45, 2.75) is 0 Å². The Balaban J connectivity index is 2.48. The lowest BCUT2D eigenvalue weighted by molar-refractivity contribution is 1.46. The maximum atomic E-state index is 5.58. The van der Waals surface area contributed by atoms with Gasteiger partial charge in [-0.3, -0.25) is 0 Å². The summed E-state index contributed by atoms with van der Waals surface area (Å²) in [7, 11) is 0. The molecule has 16 heavy (non-hydrogen) atoms. The van der Waals surface area contributed by atoms with E-state index in [0.29, 0.717) is 5.84 Å². The van der Waals surface area contributed by atoms with Crippen molar-refractivity contribution in [2.75, 3.05) is 5.88 Å². The van der Waals surface area contributed by atoms with Crippen molar-refractivity contribution in [1.82, 2.24) is 0 Å². The molecule has 2 nitrogen and oxygen atoms in total. The Morgan fingerprint density at radius 3 is 2.62 bits per heavy atom. The van der Waals surface area contributed by atoms with Crippen molar-refractivity contribution in [2.24, 2.45) is 10.7 Å². The van der Waals surface area contributed by atoms with Crippen molar-refractivity contribution < 1.29 is 0 Å². The van der Waals surface area contributed by atoms with E-state index in [4.69, 9.17) is 17.3 Å². The van der Waals surface area contributed by atoms with Crippen LogP contribution in [0.2, 0.25) is 0 Å². The molecule has 0 aromatic heterocycles. The fourth-order valence-electron chi connectivity index (χ4n) is 1.47. The molecule has 0 saturated heterocycles. The molecule has 0 aliphatic heterocycles. The van der Waals surface area contributed by atoms with Gasteiger partial charge in [0.05, 0.1) is 11.6 Å². The largest absolute Gasteiger partial charge is 0.386 e. The van der Waals surface area contributed by atoms with Gasteiger partial charge >= 0.3 is 0 Å². The van der Waals surface area contributed by atoms with Crippen LogP contribution < -0.4 is 5.73 Å². The summed E-state index contributed by atoms with van der Waals surface area (Å²) in [5, 5.41) is 2.30. The summed E-state index contributed by atoms with van der Waals surface area (Å²) in [5.41, 5.74) is 6.41. The zero-order valence-corrected chi connectivity index (χ0v) is 10.8. The highest BCUT2D eigenvalue weighted by molar-refractivity contribution is 9.10. The minimum atomic E-state index is 0.248. The lowest BCUT2D eigenvalue weighted by Gasteiger charge is -2.01. The Hall–Kier alpha value is -1.06. The Labute approximate surface area is 107 Å². The molecule has 0 spiro atoms. The Bertz CT molecular complexity index is 552. The van der Waals surface area contributed by atoms with Crippen molar-refractivity contribution in [3.05, 3.63) is 40.9 Å². The number of nitrogens with two attached hydrogens (primary N) is 1. The molecule has 0 saturated carbocycles. The molecule has 2 aromatic carbocycles. The van der Waals surface area contributed by atoms with Gasteiger partial charge in [0.2, 0.25) is 0 Å². The summed E-state index contributed by atoms with van der Waals surface area (Å²) < 4.78 is 1.07. The number of hydrogen-bond acceptors (Lipinski definition) is 1. The van der Waals surface area contributed by atoms with Gasteiger partial charge in [-0.15, -0.1) is 11.6 Å². The van der Waals surface area contributed by atoms with Gasteiger partial charge in [-0.25, -0.2) is 4.99 Å². The van der Waals surface area contributed by atoms with Gasteiger partial charge in [-0.1, -0.05) is 28.1 Å². The Kier molecular flexibility index (Phi) is 3.46. The van der Waals surface area contributed by atoms with Crippen LogP contribution in [0, 0.1) is 0 Å². The third-order valence-electron chi connectivity index (χ3n) is 2.20. The summed E-state index contributed by atoms with van der Waals surface area (Å²) in [6.07, 6.45) is 0. The van der Waals surface area contributed by atoms with Gasteiger partial charge in [-0.05, 0) is 35.0 Å². The molecule has 0 radical (unpaired) electrons. The normalized spacial score (nSPS) is 12.0. The quantitative estimate of drug-likeness (QED) is 0.511. The molecule has 0 amide bonds. The van der Waals surface area contributed by atoms with Crippen LogP contribution in [0.25, 0.3) is 10.8 Å². The summed E-state index contributed by atoms with van der Waals surface area (Å²) in [6.45, 7) is 0. The fraction of sp³-hybridized carbons (Fsp3) is 0.0833. The molecule has 4 heteroatoms. The Morgan fingerprint density at radius 2 is 1.88 bits per heavy atom. The van der Waals surface area contributed by atoms with E-state index >= 15 is 0 Å². The second-order valence-corrected chi connectivity index (χ2v) is 4.60. The molecule has 0 unspecified atom stereocenters. The van der Waals surface area contributed by atoms with Gasteiger partial charge in [0.15, 0.2) is 0 Å². The van der Waals surface area contributed by atoms with E-state index in [1.54, 1.807) is 0 Å². The lowest BCUT2D eigenvalue weighted by Crippen LogP contribution is -2.12. The third-order valence-corrected chi connectivity index (χ3v) is 2.96. The second kappa shape index (κ2) is 4.85. The van der Waals surface area contributed by atoms with E-state index in [-0.39, 0.29) is 5.88 Å². The lowest BCUT2D eigenvalue weighted by atomic mass is 10.1. The third kappa shape index (κ3) is 2.54. The Morgan fingerprint density at radius 1 is 1.19 bits per heavy atom. The summed E-state index contributed by atoms with van der Waals surface area (Å²) in [5.74, 6) is 0.677. The fourth-order valence-corrected chi connectivity index (χ4v) is 1.91. The number of alkyl halides is 1. The number of halogens is 2. The van der Waals surface area contributed by atoms with Crippen LogP contribution in [0.3, 0.4) is 0 Å². The van der Waals surface area contributed by atoms with E-state index < -0.39 is 0 Å². The molecular formula is C12H10BrClN2. The topological polar surface area (TPSA) is 38.4 Å². The maximum absolute atomic E-state index is 5.58. The first-order valence-corrected chi connectivity index (χ1v) is 6.10. The smallest absolute Gasteiger partial charge is 0.115 e. The van der Waals surface area contributed by atoms with E-state index in [2.05, 4.69) is 27.0 Å². The predicted octanol–water partition coefficient (Wildman–Crippen LogP) is 3.83. The molecule has 2 rings (SSSR count). The highest BCUT2D eigenvalue weighted by Crippen LogP contribution is 2.24. The van der Waals surface area contributed by atoms with Crippen molar-refractivity contribution >= 4 is 49.8 Å². The molecule has 0 atom stereocenters. The number of rotatable bonds is 2. The predicted molar refractivity (Wildman–Crippen MR) is 73.7 cm³/mol. The van der Waals surface area contributed by atoms with Gasteiger partial charge in [-0.2, -0.15) is 0 Å². The van der Waals surface area contributed by atoms with Crippen LogP contribution >= 0.6 is 27.5 Å². The van der Waals surface area contributed by atoms with Gasteiger partial charge in [0.1, 0.15) is 5.84 Å². The molecular weight excluding hydrogens is 288 g/mol.